The van der Waals surface area contributed by atoms with Crippen molar-refractivity contribution in [3.63, 3.8) is 0 Å². The summed E-state index contributed by atoms with van der Waals surface area (Å²) in [6.07, 6.45) is 0. The van der Waals surface area contributed by atoms with Crippen molar-refractivity contribution in [1.29, 1.82) is 0 Å². The molecule has 1 aromatic heterocycles. The molecule has 4 rings (SSSR count). The Balaban J connectivity index is 1.32. The predicted molar refractivity (Wildman–Crippen MR) is 117 cm³/mol. The van der Waals surface area contributed by atoms with Crippen LogP contribution in [0.15, 0.2) is 88.5 Å². The third kappa shape index (κ3) is 5.70. The van der Waals surface area contributed by atoms with Gasteiger partial charge in [-0.3, -0.25) is 4.79 Å². The van der Waals surface area contributed by atoms with Gasteiger partial charge in [-0.15, -0.1) is 10.2 Å². The number of para-hydroxylation sites is 1. The number of nitrogens with zero attached hydrogens (tertiary/aromatic N) is 2. The summed E-state index contributed by atoms with van der Waals surface area (Å²) in [5.41, 5.74) is 2.88. The average Bonchev–Trinajstić information content (AvgIpc) is 3.28. The number of ether oxygens (including phenoxy) is 1. The van der Waals surface area contributed by atoms with Gasteiger partial charge in [0.25, 0.3) is 11.1 Å². The van der Waals surface area contributed by atoms with E-state index in [-0.39, 0.29) is 17.5 Å². The maximum atomic E-state index is 12.3. The highest BCUT2D eigenvalue weighted by Gasteiger charge is 2.11. The topological polar surface area (TPSA) is 77.2 Å². The fourth-order valence-electron chi connectivity index (χ4n) is 2.79. The molecule has 0 aliphatic rings. The number of hydrogen-bond acceptors (Lipinski definition) is 6. The molecule has 0 fully saturated rings. The van der Waals surface area contributed by atoms with Crippen LogP contribution in [0.2, 0.25) is 0 Å². The van der Waals surface area contributed by atoms with Gasteiger partial charge in [0.1, 0.15) is 5.75 Å². The Kier molecular flexibility index (Phi) is 6.76. The molecule has 1 amide bonds. The first-order valence-electron chi connectivity index (χ1n) is 9.54. The van der Waals surface area contributed by atoms with E-state index in [0.717, 1.165) is 11.3 Å². The van der Waals surface area contributed by atoms with E-state index in [1.807, 2.05) is 42.5 Å². The Morgan fingerprint density at radius 1 is 0.969 bits per heavy atom. The van der Waals surface area contributed by atoms with Crippen LogP contribution in [0.25, 0.3) is 11.5 Å². The largest absolute Gasteiger partial charge is 0.435 e. The first-order chi connectivity index (χ1) is 15.6. The van der Waals surface area contributed by atoms with Gasteiger partial charge < -0.3 is 14.5 Å². The molecule has 0 saturated heterocycles. The zero-order chi connectivity index (χ0) is 22.3. The van der Waals surface area contributed by atoms with E-state index >= 15 is 0 Å². The van der Waals surface area contributed by atoms with Crippen molar-refractivity contribution < 1.29 is 22.7 Å². The number of amides is 1. The molecule has 0 atom stereocenters. The third-order valence-corrected chi connectivity index (χ3v) is 5.23. The van der Waals surface area contributed by atoms with Gasteiger partial charge >= 0.3 is 6.61 Å². The molecule has 0 aliphatic carbocycles. The number of nitrogens with one attached hydrogen (secondary N) is 1. The standard InChI is InChI=1S/C23H17F2N3O3S/c24-22(25)30-19-12-10-17(11-13-19)21-27-28-23(31-21)32-14-15-6-8-16(9-7-15)20(29)26-18-4-2-1-3-5-18/h1-13,22H,14H2,(H,26,29). The molecule has 6 nitrogen and oxygen atoms in total. The molecule has 0 unspecified atom stereocenters. The smallest absolute Gasteiger partial charge is 0.387 e. The number of hydrogen-bond donors (Lipinski definition) is 1. The molecule has 0 saturated carbocycles. The van der Waals surface area contributed by atoms with E-state index in [1.54, 1.807) is 24.3 Å². The van der Waals surface area contributed by atoms with Crippen molar-refractivity contribution in [1.82, 2.24) is 10.2 Å². The van der Waals surface area contributed by atoms with Gasteiger partial charge in [-0.1, -0.05) is 42.1 Å². The Bertz CT molecular complexity index is 1170. The molecular formula is C23H17F2N3O3S. The Morgan fingerprint density at radius 2 is 1.69 bits per heavy atom. The first-order valence-corrected chi connectivity index (χ1v) is 10.5. The van der Waals surface area contributed by atoms with Crippen LogP contribution >= 0.6 is 11.8 Å². The zero-order valence-electron chi connectivity index (χ0n) is 16.6. The number of aromatic nitrogens is 2. The number of benzene rings is 3. The van der Waals surface area contributed by atoms with E-state index in [1.165, 1.54) is 23.9 Å². The second kappa shape index (κ2) is 10.1. The second-order valence-electron chi connectivity index (χ2n) is 6.58. The van der Waals surface area contributed by atoms with Crippen LogP contribution in [-0.4, -0.2) is 22.7 Å². The molecule has 0 radical (unpaired) electrons. The minimum Gasteiger partial charge on any atom is -0.435 e. The number of carbonyl (C=O) groups is 1. The van der Waals surface area contributed by atoms with Crippen LogP contribution in [0.1, 0.15) is 15.9 Å². The van der Waals surface area contributed by atoms with Gasteiger partial charge in [-0.25, -0.2) is 0 Å². The molecular weight excluding hydrogens is 436 g/mol. The zero-order valence-corrected chi connectivity index (χ0v) is 17.4. The maximum absolute atomic E-state index is 12.3. The van der Waals surface area contributed by atoms with Crippen LogP contribution in [0.4, 0.5) is 14.5 Å². The summed E-state index contributed by atoms with van der Waals surface area (Å²) in [4.78, 5) is 12.3. The van der Waals surface area contributed by atoms with E-state index in [4.69, 9.17) is 4.42 Å². The normalized spacial score (nSPS) is 10.8. The van der Waals surface area contributed by atoms with Gasteiger partial charge in [0, 0.05) is 22.6 Å². The van der Waals surface area contributed by atoms with Crippen LogP contribution in [0, 0.1) is 0 Å². The van der Waals surface area contributed by atoms with Crippen molar-refractivity contribution in [3.05, 3.63) is 90.0 Å². The lowest BCUT2D eigenvalue weighted by molar-refractivity contribution is -0.0498. The van der Waals surface area contributed by atoms with E-state index in [9.17, 15) is 13.6 Å². The van der Waals surface area contributed by atoms with Gasteiger partial charge in [0.05, 0.1) is 0 Å². The first kappa shape index (κ1) is 21.5. The fourth-order valence-corrected chi connectivity index (χ4v) is 3.50. The number of thioether (sulfide) groups is 1. The van der Waals surface area contributed by atoms with E-state index in [0.29, 0.717) is 22.1 Å². The molecule has 0 spiro atoms. The highest BCUT2D eigenvalue weighted by molar-refractivity contribution is 7.98. The third-order valence-electron chi connectivity index (χ3n) is 4.34. The highest BCUT2D eigenvalue weighted by Crippen LogP contribution is 2.27. The minimum absolute atomic E-state index is 0.0544. The molecule has 1 N–H and O–H groups in total. The Hall–Kier alpha value is -3.72. The summed E-state index contributed by atoms with van der Waals surface area (Å²) in [6.45, 7) is -2.88. The van der Waals surface area contributed by atoms with Crippen LogP contribution in [-0.2, 0) is 5.75 Å². The van der Waals surface area contributed by atoms with Crippen molar-refractivity contribution in [3.8, 4) is 17.2 Å². The molecule has 3 aromatic carbocycles. The summed E-state index contributed by atoms with van der Waals surface area (Å²) >= 11 is 1.35. The van der Waals surface area contributed by atoms with Gasteiger partial charge in [0.2, 0.25) is 5.89 Å². The average molecular weight is 453 g/mol. The lowest BCUT2D eigenvalue weighted by atomic mass is 10.1. The summed E-state index contributed by atoms with van der Waals surface area (Å²) < 4.78 is 34.4. The molecule has 0 aliphatic heterocycles. The lowest BCUT2D eigenvalue weighted by Crippen LogP contribution is -2.11. The van der Waals surface area contributed by atoms with Gasteiger partial charge in [-0.05, 0) is 54.1 Å². The summed E-state index contributed by atoms with van der Waals surface area (Å²) in [7, 11) is 0. The van der Waals surface area contributed by atoms with Gasteiger partial charge in [-0.2, -0.15) is 8.78 Å². The van der Waals surface area contributed by atoms with E-state index < -0.39 is 6.61 Å². The van der Waals surface area contributed by atoms with Crippen LogP contribution < -0.4 is 10.1 Å². The molecule has 0 bridgehead atoms. The summed E-state index contributed by atoms with van der Waals surface area (Å²) in [6, 6.07) is 22.5. The summed E-state index contributed by atoms with van der Waals surface area (Å²) in [5, 5.41) is 11.2. The summed E-state index contributed by atoms with van der Waals surface area (Å²) in [5.74, 6) is 0.730. The number of anilines is 1. The van der Waals surface area contributed by atoms with Crippen molar-refractivity contribution in [2.45, 2.75) is 17.6 Å². The highest BCUT2D eigenvalue weighted by atomic mass is 32.2. The predicted octanol–water partition coefficient (Wildman–Crippen LogP) is 5.88. The fraction of sp³-hybridized carbons (Fsp3) is 0.0870. The van der Waals surface area contributed by atoms with Crippen molar-refractivity contribution >= 4 is 23.4 Å². The number of alkyl halides is 2. The van der Waals surface area contributed by atoms with Gasteiger partial charge in [0.15, 0.2) is 0 Å². The quantitative estimate of drug-likeness (QED) is 0.336. The molecule has 4 aromatic rings. The number of carbonyl (C=O) groups excluding carboxylic acids is 1. The second-order valence-corrected chi connectivity index (χ2v) is 7.51. The Morgan fingerprint density at radius 3 is 2.38 bits per heavy atom. The molecule has 9 heteroatoms. The number of rotatable bonds is 8. The Labute approximate surface area is 186 Å². The minimum atomic E-state index is -2.88. The monoisotopic (exact) mass is 453 g/mol. The molecule has 32 heavy (non-hydrogen) atoms. The van der Waals surface area contributed by atoms with Crippen molar-refractivity contribution in [2.24, 2.45) is 0 Å². The maximum Gasteiger partial charge on any atom is 0.387 e. The molecule has 162 valence electrons. The SMILES string of the molecule is O=C(Nc1ccccc1)c1ccc(CSc2nnc(-c3ccc(OC(F)F)cc3)o2)cc1. The molecule has 1 heterocycles. The van der Waals surface area contributed by atoms with Crippen molar-refractivity contribution in [2.75, 3.05) is 5.32 Å². The number of halogens is 2. The van der Waals surface area contributed by atoms with Crippen LogP contribution in [0.5, 0.6) is 5.75 Å². The van der Waals surface area contributed by atoms with Crippen LogP contribution in [0.3, 0.4) is 0 Å². The lowest BCUT2D eigenvalue weighted by Gasteiger charge is -2.06. The van der Waals surface area contributed by atoms with E-state index in [2.05, 4.69) is 20.3 Å².